The Kier molecular flexibility index (Phi) is 5.19. The third-order valence-electron chi connectivity index (χ3n) is 4.88. The third kappa shape index (κ3) is 3.67. The van der Waals surface area contributed by atoms with E-state index in [4.69, 9.17) is 11.6 Å². The maximum absolute atomic E-state index is 13.4. The van der Waals surface area contributed by atoms with Gasteiger partial charge >= 0.3 is 0 Å². The quantitative estimate of drug-likeness (QED) is 0.489. The van der Waals surface area contributed by atoms with Crippen molar-refractivity contribution in [3.8, 4) is 5.69 Å². The summed E-state index contributed by atoms with van der Waals surface area (Å²) in [5.41, 5.74) is 3.10. The highest BCUT2D eigenvalue weighted by Crippen LogP contribution is 2.26. The molecule has 1 atom stereocenters. The minimum atomic E-state index is -0.181. The Balaban J connectivity index is 1.86. The fourth-order valence-corrected chi connectivity index (χ4v) is 3.72. The Morgan fingerprint density at radius 1 is 1.10 bits per heavy atom. The molecule has 0 aliphatic heterocycles. The van der Waals surface area contributed by atoms with Crippen LogP contribution in [0.2, 0.25) is 5.02 Å². The fourth-order valence-electron chi connectivity index (χ4n) is 3.46. The molecule has 4 rings (SSSR count). The predicted octanol–water partition coefficient (Wildman–Crippen LogP) is 5.36. The number of pyridine rings is 2. The summed E-state index contributed by atoms with van der Waals surface area (Å²) in [6, 6.07) is 20.7. The summed E-state index contributed by atoms with van der Waals surface area (Å²) in [6.45, 7) is 6.14. The molecular weight excluding hydrogens is 382 g/mol. The van der Waals surface area contributed by atoms with Crippen LogP contribution in [0.25, 0.3) is 22.2 Å². The van der Waals surface area contributed by atoms with Gasteiger partial charge in [-0.25, -0.2) is 0 Å². The molecule has 2 aromatic heterocycles. The second-order valence-electron chi connectivity index (χ2n) is 6.84. The van der Waals surface area contributed by atoms with E-state index < -0.39 is 0 Å². The highest BCUT2D eigenvalue weighted by Gasteiger charge is 2.18. The number of rotatable bonds is 5. The first-order chi connectivity index (χ1) is 14.1. The van der Waals surface area contributed by atoms with Crippen LogP contribution in [0.3, 0.4) is 0 Å². The van der Waals surface area contributed by atoms with Crippen molar-refractivity contribution in [2.45, 2.75) is 13.0 Å². The summed E-state index contributed by atoms with van der Waals surface area (Å²) >= 11 is 6.37. The molecule has 0 aliphatic carbocycles. The van der Waals surface area contributed by atoms with Crippen molar-refractivity contribution in [1.82, 2.24) is 14.9 Å². The van der Waals surface area contributed by atoms with Crippen LogP contribution in [-0.4, -0.2) is 9.55 Å². The van der Waals surface area contributed by atoms with Crippen LogP contribution in [-0.2, 0) is 0 Å². The largest absolute Gasteiger partial charge is 0.377 e. The van der Waals surface area contributed by atoms with Crippen LogP contribution < -0.4 is 10.9 Å². The van der Waals surface area contributed by atoms with Gasteiger partial charge in [0.2, 0.25) is 0 Å². The van der Waals surface area contributed by atoms with Gasteiger partial charge in [-0.1, -0.05) is 48.5 Å². The van der Waals surface area contributed by atoms with Crippen LogP contribution in [0, 0.1) is 0 Å². The van der Waals surface area contributed by atoms with Gasteiger partial charge in [0.15, 0.2) is 0 Å². The summed E-state index contributed by atoms with van der Waals surface area (Å²) in [4.78, 5) is 17.6. The van der Waals surface area contributed by atoms with E-state index in [1.165, 1.54) is 0 Å². The van der Waals surface area contributed by atoms with Crippen molar-refractivity contribution < 1.29 is 0 Å². The molecule has 4 aromatic rings. The van der Waals surface area contributed by atoms with Crippen LogP contribution in [0.4, 0.5) is 0 Å². The molecule has 0 spiro atoms. The predicted molar refractivity (Wildman–Crippen MR) is 119 cm³/mol. The molecule has 0 radical (unpaired) electrons. The average molecular weight is 402 g/mol. The van der Waals surface area contributed by atoms with E-state index in [0.717, 1.165) is 28.0 Å². The van der Waals surface area contributed by atoms with Gasteiger partial charge in [-0.2, -0.15) is 0 Å². The lowest BCUT2D eigenvalue weighted by molar-refractivity contribution is 0.651. The summed E-state index contributed by atoms with van der Waals surface area (Å²) < 4.78 is 1.71. The number of nitrogens with zero attached hydrogens (tertiary/aromatic N) is 2. The number of nitrogens with one attached hydrogen (secondary N) is 1. The van der Waals surface area contributed by atoms with Crippen molar-refractivity contribution in [2.24, 2.45) is 0 Å². The summed E-state index contributed by atoms with van der Waals surface area (Å²) in [7, 11) is 0. The number of halogens is 1. The minimum Gasteiger partial charge on any atom is -0.377 e. The Morgan fingerprint density at radius 2 is 1.90 bits per heavy atom. The van der Waals surface area contributed by atoms with E-state index in [2.05, 4.69) is 16.9 Å². The number of hydrogen-bond donors (Lipinski definition) is 1. The van der Waals surface area contributed by atoms with E-state index in [1.807, 2.05) is 67.6 Å². The van der Waals surface area contributed by atoms with Crippen molar-refractivity contribution in [2.75, 3.05) is 0 Å². The van der Waals surface area contributed by atoms with Crippen molar-refractivity contribution >= 4 is 28.1 Å². The average Bonchev–Trinajstić information content (AvgIpc) is 2.74. The normalized spacial score (nSPS) is 11.9. The van der Waals surface area contributed by atoms with E-state index in [1.54, 1.807) is 23.0 Å². The first-order valence-electron chi connectivity index (χ1n) is 9.31. The van der Waals surface area contributed by atoms with Crippen LogP contribution >= 0.6 is 11.6 Å². The Labute approximate surface area is 174 Å². The number of para-hydroxylation sites is 1. The summed E-state index contributed by atoms with van der Waals surface area (Å²) in [5, 5.41) is 5.17. The second-order valence-corrected chi connectivity index (χ2v) is 7.24. The zero-order valence-corrected chi connectivity index (χ0v) is 16.7. The number of fused-ring (bicyclic) bond motifs is 1. The zero-order chi connectivity index (χ0) is 20.4. The topological polar surface area (TPSA) is 46.9 Å². The van der Waals surface area contributed by atoms with Gasteiger partial charge in [0.1, 0.15) is 0 Å². The molecule has 0 unspecified atom stereocenters. The minimum absolute atomic E-state index is 0.144. The molecule has 0 saturated heterocycles. The fraction of sp³-hybridized carbons (Fsp3) is 0.0833. The van der Waals surface area contributed by atoms with E-state index in [0.29, 0.717) is 10.4 Å². The zero-order valence-electron chi connectivity index (χ0n) is 16.0. The number of aromatic nitrogens is 2. The van der Waals surface area contributed by atoms with Crippen LogP contribution in [0.5, 0.6) is 0 Å². The molecule has 0 bridgehead atoms. The van der Waals surface area contributed by atoms with Crippen LogP contribution in [0.1, 0.15) is 24.2 Å². The van der Waals surface area contributed by atoms with E-state index in [-0.39, 0.29) is 11.6 Å². The smallest absolute Gasteiger partial charge is 0.264 e. The lowest BCUT2D eigenvalue weighted by atomic mass is 10.1. The molecule has 2 heterocycles. The van der Waals surface area contributed by atoms with Crippen molar-refractivity contribution in [1.29, 1.82) is 0 Å². The molecule has 1 N–H and O–H groups in total. The molecule has 0 fully saturated rings. The van der Waals surface area contributed by atoms with E-state index in [9.17, 15) is 4.79 Å². The van der Waals surface area contributed by atoms with Gasteiger partial charge in [0.05, 0.1) is 16.5 Å². The lowest BCUT2D eigenvalue weighted by Gasteiger charge is -2.23. The summed E-state index contributed by atoms with van der Waals surface area (Å²) in [5.74, 6) is 0. The van der Waals surface area contributed by atoms with Crippen molar-refractivity contribution in [3.63, 3.8) is 0 Å². The molecule has 5 heteroatoms. The van der Waals surface area contributed by atoms with Gasteiger partial charge in [-0.05, 0) is 48.7 Å². The van der Waals surface area contributed by atoms with Gasteiger partial charge in [0.25, 0.3) is 5.56 Å². The first-order valence-corrected chi connectivity index (χ1v) is 9.69. The molecule has 144 valence electrons. The van der Waals surface area contributed by atoms with Gasteiger partial charge in [-0.15, -0.1) is 0 Å². The molecule has 2 aromatic carbocycles. The summed E-state index contributed by atoms with van der Waals surface area (Å²) in [6.07, 6.45) is 3.48. The highest BCUT2D eigenvalue weighted by atomic mass is 35.5. The van der Waals surface area contributed by atoms with E-state index >= 15 is 0 Å². The standard InChI is InChI=1S/C24H20ClN3O/c1-16(19-9-7-13-26-15-19)27-17(2)22-14-18-8-6-12-21(25)23(18)24(29)28(22)20-10-4-3-5-11-20/h3-15,17,27H,1H2,2H3/t17-/m0/s1. The molecule has 0 saturated carbocycles. The third-order valence-corrected chi connectivity index (χ3v) is 5.20. The number of hydrogen-bond acceptors (Lipinski definition) is 3. The van der Waals surface area contributed by atoms with Gasteiger partial charge < -0.3 is 5.32 Å². The molecule has 4 nitrogen and oxygen atoms in total. The number of benzene rings is 2. The maximum atomic E-state index is 13.4. The molecule has 0 aliphatic rings. The Morgan fingerprint density at radius 3 is 2.62 bits per heavy atom. The monoisotopic (exact) mass is 401 g/mol. The van der Waals surface area contributed by atoms with Gasteiger partial charge in [0, 0.05) is 35.0 Å². The molecule has 29 heavy (non-hydrogen) atoms. The van der Waals surface area contributed by atoms with Crippen molar-refractivity contribution in [3.05, 3.63) is 112 Å². The first kappa shape index (κ1) is 19.0. The second kappa shape index (κ2) is 7.94. The molecule has 0 amide bonds. The maximum Gasteiger partial charge on any atom is 0.264 e. The lowest BCUT2D eigenvalue weighted by Crippen LogP contribution is -2.28. The highest BCUT2D eigenvalue weighted by molar-refractivity contribution is 6.35. The Hall–Kier alpha value is -3.37. The van der Waals surface area contributed by atoms with Gasteiger partial charge in [-0.3, -0.25) is 14.3 Å². The Bertz CT molecular complexity index is 1230. The van der Waals surface area contributed by atoms with Crippen LogP contribution in [0.15, 0.2) is 90.5 Å². The molecular formula is C24H20ClN3O. The SMILES string of the molecule is C=C(N[C@@H](C)c1cc2cccc(Cl)c2c(=O)n1-c1ccccc1)c1cccnc1.